The Bertz CT molecular complexity index is 1000. The van der Waals surface area contributed by atoms with Crippen LogP contribution in [0.2, 0.25) is 5.02 Å². The number of amides is 1. The average Bonchev–Trinajstić information content (AvgIpc) is 3.23. The number of benzene rings is 2. The summed E-state index contributed by atoms with van der Waals surface area (Å²) in [6, 6.07) is 15.3. The minimum atomic E-state index is 0.109. The first kappa shape index (κ1) is 20.8. The van der Waals surface area contributed by atoms with Crippen molar-refractivity contribution in [3.63, 3.8) is 0 Å². The molecule has 0 N–H and O–H groups in total. The maximum atomic E-state index is 13.0. The molecule has 3 aromatic rings. The van der Waals surface area contributed by atoms with Gasteiger partial charge in [0.05, 0.1) is 17.8 Å². The molecule has 0 unspecified atom stereocenters. The summed E-state index contributed by atoms with van der Waals surface area (Å²) >= 11 is 7.68. The highest BCUT2D eigenvalue weighted by Gasteiger charge is 2.25. The summed E-state index contributed by atoms with van der Waals surface area (Å²) in [7, 11) is 0. The predicted octanol–water partition coefficient (Wildman–Crippen LogP) is 3.39. The molecule has 1 saturated heterocycles. The van der Waals surface area contributed by atoms with E-state index in [1.165, 1.54) is 0 Å². The molecule has 156 valence electrons. The van der Waals surface area contributed by atoms with Gasteiger partial charge in [0.1, 0.15) is 0 Å². The second-order valence-corrected chi connectivity index (χ2v) is 8.72. The van der Waals surface area contributed by atoms with Gasteiger partial charge in [-0.15, -0.1) is 16.9 Å². The van der Waals surface area contributed by atoms with Gasteiger partial charge < -0.3 is 4.90 Å². The Labute approximate surface area is 185 Å². The van der Waals surface area contributed by atoms with E-state index in [-0.39, 0.29) is 5.91 Å². The summed E-state index contributed by atoms with van der Waals surface area (Å²) < 4.78 is 1.73. The van der Waals surface area contributed by atoms with Crippen LogP contribution in [0.5, 0.6) is 0 Å². The van der Waals surface area contributed by atoms with Crippen LogP contribution in [-0.4, -0.2) is 67.8 Å². The van der Waals surface area contributed by atoms with E-state index in [4.69, 9.17) is 11.6 Å². The van der Waals surface area contributed by atoms with Crippen LogP contribution in [0.15, 0.2) is 53.4 Å². The molecule has 30 heavy (non-hydrogen) atoms. The van der Waals surface area contributed by atoms with E-state index in [0.29, 0.717) is 24.7 Å². The quantitative estimate of drug-likeness (QED) is 0.545. The van der Waals surface area contributed by atoms with Gasteiger partial charge in [-0.3, -0.25) is 9.69 Å². The molecule has 0 saturated carbocycles. The lowest BCUT2D eigenvalue weighted by atomic mass is 10.2. The molecule has 0 aliphatic carbocycles. The van der Waals surface area contributed by atoms with Crippen LogP contribution in [0.3, 0.4) is 0 Å². The Hall–Kier alpha value is -2.42. The van der Waals surface area contributed by atoms with Crippen LogP contribution in [-0.2, 0) is 6.54 Å². The van der Waals surface area contributed by atoms with E-state index in [0.717, 1.165) is 40.8 Å². The molecule has 9 heteroatoms. The smallest absolute Gasteiger partial charge is 0.255 e. The highest BCUT2D eigenvalue weighted by atomic mass is 35.5. The number of piperazine rings is 1. The van der Waals surface area contributed by atoms with Crippen molar-refractivity contribution in [2.24, 2.45) is 0 Å². The lowest BCUT2D eigenvalue weighted by molar-refractivity contribution is 0.0621. The molecule has 1 aliphatic rings. The number of nitrogens with zero attached hydrogens (tertiary/aromatic N) is 6. The number of hydrogen-bond donors (Lipinski definition) is 0. The molecular weight excluding hydrogens is 420 g/mol. The topological polar surface area (TPSA) is 67.2 Å². The Kier molecular flexibility index (Phi) is 6.66. The summed E-state index contributed by atoms with van der Waals surface area (Å²) in [4.78, 5) is 18.3. The number of carbonyl (C=O) groups excluding carboxylic acids is 1. The molecule has 0 radical (unpaired) electrons. The van der Waals surface area contributed by atoms with Crippen LogP contribution in [0.25, 0.3) is 5.69 Å². The molecule has 2 aromatic carbocycles. The van der Waals surface area contributed by atoms with E-state index in [1.807, 2.05) is 53.4 Å². The number of halogens is 1. The van der Waals surface area contributed by atoms with E-state index < -0.39 is 0 Å². The molecule has 7 nitrogen and oxygen atoms in total. The predicted molar refractivity (Wildman–Crippen MR) is 118 cm³/mol. The van der Waals surface area contributed by atoms with Gasteiger partial charge in [-0.25, -0.2) is 0 Å². The third-order valence-electron chi connectivity index (χ3n) is 5.05. The second-order valence-electron chi connectivity index (χ2n) is 6.98. The summed E-state index contributed by atoms with van der Waals surface area (Å²) in [5, 5.41) is 12.8. The maximum Gasteiger partial charge on any atom is 0.255 e. The van der Waals surface area contributed by atoms with Gasteiger partial charge in [-0.2, -0.15) is 4.68 Å². The fraction of sp³-hybridized carbons (Fsp3) is 0.333. The number of thioether (sulfide) groups is 1. The Morgan fingerprint density at radius 3 is 2.53 bits per heavy atom. The number of hydrogen-bond acceptors (Lipinski definition) is 6. The first-order valence-corrected chi connectivity index (χ1v) is 11.3. The lowest BCUT2D eigenvalue weighted by Gasteiger charge is -2.34. The molecule has 1 aliphatic heterocycles. The molecule has 2 heterocycles. The van der Waals surface area contributed by atoms with E-state index in [9.17, 15) is 4.79 Å². The third-order valence-corrected chi connectivity index (χ3v) is 6.25. The Balaban J connectivity index is 1.39. The average molecular weight is 443 g/mol. The molecular formula is C21H23ClN6OS. The van der Waals surface area contributed by atoms with E-state index in [2.05, 4.69) is 27.3 Å². The Morgan fingerprint density at radius 1 is 1.07 bits per heavy atom. The monoisotopic (exact) mass is 442 g/mol. The molecule has 4 rings (SSSR count). The van der Waals surface area contributed by atoms with Gasteiger partial charge in [0.25, 0.3) is 5.91 Å². The fourth-order valence-corrected chi connectivity index (χ4v) is 4.41. The van der Waals surface area contributed by atoms with Crippen molar-refractivity contribution < 1.29 is 4.79 Å². The van der Waals surface area contributed by atoms with Crippen molar-refractivity contribution in [2.45, 2.75) is 18.4 Å². The lowest BCUT2D eigenvalue weighted by Crippen LogP contribution is -2.48. The zero-order valence-corrected chi connectivity index (χ0v) is 18.3. The first-order chi connectivity index (χ1) is 14.7. The standard InChI is InChI=1S/C21H23ClN6OS/c1-2-30-19-6-4-3-5-18(19)21(29)27-13-11-26(12-14-27)15-20-23-24-25-28(20)17-9-7-16(22)8-10-17/h3-10H,2,11-15H2,1H3. The molecule has 0 bridgehead atoms. The molecule has 1 amide bonds. The second kappa shape index (κ2) is 9.59. The van der Waals surface area contributed by atoms with Gasteiger partial charge in [0.15, 0.2) is 5.82 Å². The van der Waals surface area contributed by atoms with Crippen LogP contribution in [0.1, 0.15) is 23.1 Å². The van der Waals surface area contributed by atoms with Crippen LogP contribution >= 0.6 is 23.4 Å². The molecule has 1 aromatic heterocycles. The number of carbonyl (C=O) groups is 1. The normalized spacial score (nSPS) is 14.8. The number of aromatic nitrogens is 4. The largest absolute Gasteiger partial charge is 0.336 e. The number of tetrazole rings is 1. The van der Waals surface area contributed by atoms with Crippen molar-refractivity contribution in [1.82, 2.24) is 30.0 Å². The minimum Gasteiger partial charge on any atom is -0.336 e. The van der Waals surface area contributed by atoms with Gasteiger partial charge >= 0.3 is 0 Å². The molecule has 0 atom stereocenters. The summed E-state index contributed by atoms with van der Waals surface area (Å²) in [5.41, 5.74) is 1.67. The van der Waals surface area contributed by atoms with Gasteiger partial charge in [0.2, 0.25) is 0 Å². The number of rotatable bonds is 6. The van der Waals surface area contributed by atoms with Gasteiger partial charge in [0, 0.05) is 36.1 Å². The summed E-state index contributed by atoms with van der Waals surface area (Å²) in [6.07, 6.45) is 0. The SMILES string of the molecule is CCSc1ccccc1C(=O)N1CCN(Cc2nnnn2-c2ccc(Cl)cc2)CC1. The summed E-state index contributed by atoms with van der Waals surface area (Å²) in [5.74, 6) is 1.82. The van der Waals surface area contributed by atoms with Gasteiger partial charge in [-0.1, -0.05) is 30.7 Å². The van der Waals surface area contributed by atoms with E-state index >= 15 is 0 Å². The van der Waals surface area contributed by atoms with Crippen molar-refractivity contribution in [3.05, 3.63) is 64.9 Å². The third kappa shape index (κ3) is 4.66. The van der Waals surface area contributed by atoms with Crippen LogP contribution < -0.4 is 0 Å². The summed E-state index contributed by atoms with van der Waals surface area (Å²) in [6.45, 7) is 5.66. The fourth-order valence-electron chi connectivity index (χ4n) is 3.49. The molecule has 1 fully saturated rings. The first-order valence-electron chi connectivity index (χ1n) is 9.92. The Morgan fingerprint density at radius 2 is 1.80 bits per heavy atom. The zero-order chi connectivity index (χ0) is 20.9. The zero-order valence-electron chi connectivity index (χ0n) is 16.7. The van der Waals surface area contributed by atoms with Crippen molar-refractivity contribution in [1.29, 1.82) is 0 Å². The van der Waals surface area contributed by atoms with Crippen molar-refractivity contribution >= 4 is 29.3 Å². The van der Waals surface area contributed by atoms with E-state index in [1.54, 1.807) is 16.4 Å². The van der Waals surface area contributed by atoms with Crippen LogP contribution in [0, 0.1) is 0 Å². The van der Waals surface area contributed by atoms with Gasteiger partial charge in [-0.05, 0) is 52.6 Å². The van der Waals surface area contributed by atoms with Crippen molar-refractivity contribution in [2.75, 3.05) is 31.9 Å². The van der Waals surface area contributed by atoms with Crippen LogP contribution in [0.4, 0.5) is 0 Å². The molecule has 0 spiro atoms. The minimum absolute atomic E-state index is 0.109. The highest BCUT2D eigenvalue weighted by molar-refractivity contribution is 7.99. The maximum absolute atomic E-state index is 13.0. The highest BCUT2D eigenvalue weighted by Crippen LogP contribution is 2.24. The van der Waals surface area contributed by atoms with Crippen molar-refractivity contribution in [3.8, 4) is 5.69 Å².